The van der Waals surface area contributed by atoms with Gasteiger partial charge in [-0.25, -0.2) is 0 Å². The fraction of sp³-hybridized carbons (Fsp3) is 1.00. The highest BCUT2D eigenvalue weighted by Gasteiger charge is 2.18. The van der Waals surface area contributed by atoms with E-state index in [0.29, 0.717) is 6.04 Å². The molecule has 1 atom stereocenters. The summed E-state index contributed by atoms with van der Waals surface area (Å²) in [5.74, 6) is 0.818. The molecule has 1 rings (SSSR count). The predicted octanol–water partition coefficient (Wildman–Crippen LogP) is 0.959. The fourth-order valence-corrected chi connectivity index (χ4v) is 2.23. The van der Waals surface area contributed by atoms with E-state index in [-0.39, 0.29) is 0 Å². The quantitative estimate of drug-likeness (QED) is 0.562. The van der Waals surface area contributed by atoms with Gasteiger partial charge in [-0.3, -0.25) is 4.90 Å². The van der Waals surface area contributed by atoms with E-state index in [1.54, 1.807) is 0 Å². The molecule has 0 saturated carbocycles. The third-order valence-corrected chi connectivity index (χ3v) is 3.13. The van der Waals surface area contributed by atoms with Gasteiger partial charge >= 0.3 is 0 Å². The third-order valence-electron chi connectivity index (χ3n) is 2.94. The van der Waals surface area contributed by atoms with Crippen LogP contribution in [0.2, 0.25) is 0 Å². The van der Waals surface area contributed by atoms with E-state index in [1.807, 2.05) is 0 Å². The summed E-state index contributed by atoms with van der Waals surface area (Å²) in [6.45, 7) is 8.57. The summed E-state index contributed by atoms with van der Waals surface area (Å²) in [6, 6.07) is 0.650. The third kappa shape index (κ3) is 5.20. The molecule has 0 aromatic carbocycles. The summed E-state index contributed by atoms with van der Waals surface area (Å²) in [5, 5.41) is 0. The molecule has 4 heteroatoms. The van der Waals surface area contributed by atoms with Gasteiger partial charge in [0, 0.05) is 24.9 Å². The first kappa shape index (κ1) is 13.3. The zero-order valence-electron chi connectivity index (χ0n) is 9.98. The standard InChI is InChI=1S/C11H24N2OS/c1-11-10-12(2)4-3-5-13(11)6-7-14-8-9-15/h11,15H,3-10H2,1-2H3. The number of likely N-dealkylation sites (N-methyl/N-ethyl adjacent to an activating group) is 1. The molecule has 90 valence electrons. The van der Waals surface area contributed by atoms with Gasteiger partial charge in [-0.05, 0) is 33.5 Å². The van der Waals surface area contributed by atoms with E-state index >= 15 is 0 Å². The van der Waals surface area contributed by atoms with Crippen LogP contribution in [0.4, 0.5) is 0 Å². The molecule has 15 heavy (non-hydrogen) atoms. The lowest BCUT2D eigenvalue weighted by Crippen LogP contribution is -2.39. The highest BCUT2D eigenvalue weighted by Crippen LogP contribution is 2.07. The maximum atomic E-state index is 5.47. The molecular formula is C11H24N2OS. The molecule has 1 fully saturated rings. The van der Waals surface area contributed by atoms with Gasteiger partial charge in [-0.2, -0.15) is 12.6 Å². The van der Waals surface area contributed by atoms with Crippen LogP contribution in [0.25, 0.3) is 0 Å². The molecule has 3 nitrogen and oxygen atoms in total. The summed E-state index contributed by atoms with van der Waals surface area (Å²) in [6.07, 6.45) is 1.27. The second-order valence-corrected chi connectivity index (χ2v) is 4.78. The highest BCUT2D eigenvalue weighted by atomic mass is 32.1. The van der Waals surface area contributed by atoms with Gasteiger partial charge in [-0.1, -0.05) is 0 Å². The van der Waals surface area contributed by atoms with Crippen LogP contribution in [-0.2, 0) is 4.74 Å². The van der Waals surface area contributed by atoms with Crippen LogP contribution in [0.5, 0.6) is 0 Å². The topological polar surface area (TPSA) is 15.7 Å². The molecular weight excluding hydrogens is 208 g/mol. The van der Waals surface area contributed by atoms with Crippen molar-refractivity contribution in [2.24, 2.45) is 0 Å². The second-order valence-electron chi connectivity index (χ2n) is 4.34. The van der Waals surface area contributed by atoms with Crippen molar-refractivity contribution in [2.45, 2.75) is 19.4 Å². The molecule has 0 spiro atoms. The lowest BCUT2D eigenvalue weighted by atomic mass is 10.3. The number of rotatable bonds is 5. The summed E-state index contributed by atoms with van der Waals surface area (Å²) in [7, 11) is 2.21. The van der Waals surface area contributed by atoms with Crippen molar-refractivity contribution >= 4 is 12.6 Å². The highest BCUT2D eigenvalue weighted by molar-refractivity contribution is 7.80. The average molecular weight is 232 g/mol. The van der Waals surface area contributed by atoms with E-state index in [0.717, 1.165) is 25.5 Å². The molecule has 0 aliphatic carbocycles. The van der Waals surface area contributed by atoms with Crippen molar-refractivity contribution in [1.82, 2.24) is 9.80 Å². The zero-order chi connectivity index (χ0) is 11.1. The van der Waals surface area contributed by atoms with Crippen LogP contribution in [0.1, 0.15) is 13.3 Å². The molecule has 0 radical (unpaired) electrons. The van der Waals surface area contributed by atoms with Crippen LogP contribution < -0.4 is 0 Å². The molecule has 0 aromatic rings. The van der Waals surface area contributed by atoms with E-state index in [4.69, 9.17) is 4.74 Å². The van der Waals surface area contributed by atoms with E-state index in [1.165, 1.54) is 26.1 Å². The van der Waals surface area contributed by atoms with Crippen LogP contribution in [0.3, 0.4) is 0 Å². The van der Waals surface area contributed by atoms with Crippen molar-refractivity contribution < 1.29 is 4.74 Å². The average Bonchev–Trinajstić information content (AvgIpc) is 2.35. The summed E-state index contributed by atoms with van der Waals surface area (Å²) in [4.78, 5) is 4.95. The SMILES string of the molecule is CC1CN(C)CCCN1CCOCCS. The maximum Gasteiger partial charge on any atom is 0.0593 e. The van der Waals surface area contributed by atoms with Crippen molar-refractivity contribution in [3.63, 3.8) is 0 Å². The number of thiol groups is 1. The van der Waals surface area contributed by atoms with Crippen LogP contribution in [0.15, 0.2) is 0 Å². The van der Waals surface area contributed by atoms with Gasteiger partial charge in [0.05, 0.1) is 13.2 Å². The van der Waals surface area contributed by atoms with Crippen LogP contribution in [0, 0.1) is 0 Å². The van der Waals surface area contributed by atoms with Gasteiger partial charge in [0.2, 0.25) is 0 Å². The van der Waals surface area contributed by atoms with E-state index in [9.17, 15) is 0 Å². The molecule has 0 N–H and O–H groups in total. The normalized spacial score (nSPS) is 25.4. The predicted molar refractivity (Wildman–Crippen MR) is 67.8 cm³/mol. The van der Waals surface area contributed by atoms with Gasteiger partial charge in [0.25, 0.3) is 0 Å². The Balaban J connectivity index is 2.20. The first-order valence-corrected chi connectivity index (χ1v) is 6.48. The summed E-state index contributed by atoms with van der Waals surface area (Å²) >= 11 is 4.12. The summed E-state index contributed by atoms with van der Waals surface area (Å²) in [5.41, 5.74) is 0. The Morgan fingerprint density at radius 1 is 1.33 bits per heavy atom. The van der Waals surface area contributed by atoms with Crippen molar-refractivity contribution in [1.29, 1.82) is 0 Å². The molecule has 1 aliphatic rings. The Labute approximate surface area is 99.2 Å². The fourth-order valence-electron chi connectivity index (χ4n) is 2.10. The molecule has 0 aromatic heterocycles. The lowest BCUT2D eigenvalue weighted by molar-refractivity contribution is 0.0997. The van der Waals surface area contributed by atoms with Gasteiger partial charge < -0.3 is 9.64 Å². The molecule has 1 unspecified atom stereocenters. The minimum atomic E-state index is 0.650. The Kier molecular flexibility index (Phi) is 6.64. The van der Waals surface area contributed by atoms with Crippen molar-refractivity contribution in [2.75, 3.05) is 52.2 Å². The Morgan fingerprint density at radius 2 is 2.13 bits per heavy atom. The minimum absolute atomic E-state index is 0.650. The molecule has 1 heterocycles. The molecule has 0 amide bonds. The van der Waals surface area contributed by atoms with Gasteiger partial charge in [-0.15, -0.1) is 0 Å². The molecule has 1 saturated heterocycles. The Morgan fingerprint density at radius 3 is 2.87 bits per heavy atom. The van der Waals surface area contributed by atoms with Gasteiger partial charge in [0.1, 0.15) is 0 Å². The van der Waals surface area contributed by atoms with Crippen molar-refractivity contribution in [3.8, 4) is 0 Å². The van der Waals surface area contributed by atoms with Crippen LogP contribution in [-0.4, -0.2) is 68.0 Å². The number of ether oxygens (including phenoxy) is 1. The number of nitrogens with zero attached hydrogens (tertiary/aromatic N) is 2. The smallest absolute Gasteiger partial charge is 0.0593 e. The van der Waals surface area contributed by atoms with E-state index < -0.39 is 0 Å². The lowest BCUT2D eigenvalue weighted by Gasteiger charge is -2.27. The monoisotopic (exact) mass is 232 g/mol. The first-order chi connectivity index (χ1) is 7.24. The maximum absolute atomic E-state index is 5.47. The van der Waals surface area contributed by atoms with E-state index in [2.05, 4.69) is 36.4 Å². The second kappa shape index (κ2) is 7.49. The zero-order valence-corrected chi connectivity index (χ0v) is 10.9. The number of hydrogen-bond acceptors (Lipinski definition) is 4. The Bertz CT molecular complexity index is 169. The van der Waals surface area contributed by atoms with Crippen molar-refractivity contribution in [3.05, 3.63) is 0 Å². The van der Waals surface area contributed by atoms with Crippen LogP contribution >= 0.6 is 12.6 Å². The molecule has 1 aliphatic heterocycles. The first-order valence-electron chi connectivity index (χ1n) is 5.85. The molecule has 0 bridgehead atoms. The summed E-state index contributed by atoms with van der Waals surface area (Å²) < 4.78 is 5.47. The largest absolute Gasteiger partial charge is 0.379 e. The van der Waals surface area contributed by atoms with Gasteiger partial charge in [0.15, 0.2) is 0 Å². The Hall–Kier alpha value is 0.230. The minimum Gasteiger partial charge on any atom is -0.379 e. The number of hydrogen-bond donors (Lipinski definition) is 1.